The van der Waals surface area contributed by atoms with Gasteiger partial charge in [0.15, 0.2) is 0 Å². The fourth-order valence-electron chi connectivity index (χ4n) is 2.58. The van der Waals surface area contributed by atoms with Crippen LogP contribution in [0.4, 0.5) is 4.79 Å². The summed E-state index contributed by atoms with van der Waals surface area (Å²) < 4.78 is 0. The van der Waals surface area contributed by atoms with Gasteiger partial charge < -0.3 is 16.0 Å². The molecule has 0 radical (unpaired) electrons. The van der Waals surface area contributed by atoms with Gasteiger partial charge in [-0.15, -0.1) is 0 Å². The summed E-state index contributed by atoms with van der Waals surface area (Å²) >= 11 is 1.95. The molecule has 3 N–H and O–H groups in total. The Morgan fingerprint density at radius 2 is 2.22 bits per heavy atom. The summed E-state index contributed by atoms with van der Waals surface area (Å²) in [7, 11) is 1.67. The topological polar surface area (TPSA) is 70.2 Å². The van der Waals surface area contributed by atoms with E-state index in [1.165, 1.54) is 0 Å². The van der Waals surface area contributed by atoms with Gasteiger partial charge in [-0.3, -0.25) is 4.79 Å². The van der Waals surface area contributed by atoms with Crippen LogP contribution in [0.3, 0.4) is 0 Å². The molecule has 18 heavy (non-hydrogen) atoms. The van der Waals surface area contributed by atoms with Gasteiger partial charge in [-0.1, -0.05) is 12.8 Å². The molecule has 2 fully saturated rings. The van der Waals surface area contributed by atoms with Crippen LogP contribution in [0.5, 0.6) is 0 Å². The van der Waals surface area contributed by atoms with Gasteiger partial charge in [0.1, 0.15) is 0 Å². The molecule has 6 heteroatoms. The second kappa shape index (κ2) is 6.31. The molecular weight excluding hydrogens is 250 g/mol. The van der Waals surface area contributed by atoms with E-state index in [-0.39, 0.29) is 11.9 Å². The number of fused-ring (bicyclic) bond motifs is 1. The summed E-state index contributed by atoms with van der Waals surface area (Å²) in [6.07, 6.45) is 4.92. The molecule has 2 heterocycles. The fraction of sp³-hybridized carbons (Fsp3) is 0.833. The monoisotopic (exact) mass is 271 g/mol. The molecule has 0 spiro atoms. The van der Waals surface area contributed by atoms with Crippen LogP contribution in [-0.4, -0.2) is 42.1 Å². The number of unbranched alkanes of at least 4 members (excludes halogenated alkanes) is 2. The van der Waals surface area contributed by atoms with Crippen molar-refractivity contribution in [1.82, 2.24) is 16.0 Å². The van der Waals surface area contributed by atoms with Crippen LogP contribution in [0.15, 0.2) is 0 Å². The average Bonchev–Trinajstić information content (AvgIpc) is 2.88. The van der Waals surface area contributed by atoms with Gasteiger partial charge in [-0.2, -0.15) is 11.8 Å². The summed E-state index contributed by atoms with van der Waals surface area (Å²) in [5, 5.41) is 9.11. The summed E-state index contributed by atoms with van der Waals surface area (Å²) in [5.74, 6) is 1.14. The van der Waals surface area contributed by atoms with E-state index in [0.29, 0.717) is 23.8 Å². The third-order valence-electron chi connectivity index (χ3n) is 3.61. The molecule has 2 saturated heterocycles. The van der Waals surface area contributed by atoms with Crippen LogP contribution in [0.1, 0.15) is 32.1 Å². The van der Waals surface area contributed by atoms with Crippen LogP contribution in [0, 0.1) is 0 Å². The molecule has 3 unspecified atom stereocenters. The van der Waals surface area contributed by atoms with Crippen molar-refractivity contribution in [3.63, 3.8) is 0 Å². The Morgan fingerprint density at radius 1 is 1.39 bits per heavy atom. The predicted molar refractivity (Wildman–Crippen MR) is 72.6 cm³/mol. The van der Waals surface area contributed by atoms with Crippen LogP contribution >= 0.6 is 11.8 Å². The lowest BCUT2D eigenvalue weighted by molar-refractivity contribution is -0.120. The van der Waals surface area contributed by atoms with Gasteiger partial charge in [0.2, 0.25) is 5.91 Å². The lowest BCUT2D eigenvalue weighted by Crippen LogP contribution is -2.36. The first-order valence-corrected chi connectivity index (χ1v) is 7.65. The smallest absolute Gasteiger partial charge is 0.315 e. The maximum atomic E-state index is 11.2. The second-order valence-electron chi connectivity index (χ2n) is 4.89. The molecule has 2 aliphatic heterocycles. The van der Waals surface area contributed by atoms with E-state index in [1.54, 1.807) is 7.05 Å². The normalized spacial score (nSPS) is 29.6. The fourth-order valence-corrected chi connectivity index (χ4v) is 4.12. The van der Waals surface area contributed by atoms with E-state index >= 15 is 0 Å². The molecule has 0 aliphatic carbocycles. The number of hydrogen-bond donors (Lipinski definition) is 3. The molecule has 2 rings (SSSR count). The van der Waals surface area contributed by atoms with Crippen molar-refractivity contribution in [1.29, 1.82) is 0 Å². The maximum absolute atomic E-state index is 11.2. The number of amides is 3. The SMILES string of the molecule is CNC(=O)CCCCCC1SCC2NC(=O)NC21. The number of urea groups is 1. The Balaban J connectivity index is 1.60. The molecule has 2 aliphatic rings. The van der Waals surface area contributed by atoms with Crippen molar-refractivity contribution in [3.05, 3.63) is 0 Å². The molecule has 3 amide bonds. The van der Waals surface area contributed by atoms with E-state index < -0.39 is 0 Å². The van der Waals surface area contributed by atoms with E-state index in [0.717, 1.165) is 31.4 Å². The van der Waals surface area contributed by atoms with E-state index in [1.807, 2.05) is 11.8 Å². The summed E-state index contributed by atoms with van der Waals surface area (Å²) in [4.78, 5) is 22.3. The van der Waals surface area contributed by atoms with Crippen molar-refractivity contribution < 1.29 is 9.59 Å². The minimum atomic E-state index is -0.0186. The first-order chi connectivity index (χ1) is 8.70. The minimum absolute atomic E-state index is 0.0186. The third-order valence-corrected chi connectivity index (χ3v) is 5.12. The Kier molecular flexibility index (Phi) is 4.74. The van der Waals surface area contributed by atoms with Crippen molar-refractivity contribution in [2.24, 2.45) is 0 Å². The van der Waals surface area contributed by atoms with Crippen LogP contribution in [0.2, 0.25) is 0 Å². The highest BCUT2D eigenvalue weighted by Crippen LogP contribution is 2.33. The molecule has 0 aromatic carbocycles. The van der Waals surface area contributed by atoms with Crippen LogP contribution in [0.25, 0.3) is 0 Å². The molecule has 5 nitrogen and oxygen atoms in total. The molecule has 3 atom stereocenters. The molecule has 0 saturated carbocycles. The zero-order valence-electron chi connectivity index (χ0n) is 10.7. The molecule has 102 valence electrons. The second-order valence-corrected chi connectivity index (χ2v) is 6.17. The quantitative estimate of drug-likeness (QED) is 0.495. The summed E-state index contributed by atoms with van der Waals surface area (Å²) in [5.41, 5.74) is 0. The van der Waals surface area contributed by atoms with Crippen LogP contribution < -0.4 is 16.0 Å². The number of carbonyl (C=O) groups is 2. The van der Waals surface area contributed by atoms with Crippen molar-refractivity contribution in [3.8, 4) is 0 Å². The lowest BCUT2D eigenvalue weighted by atomic mass is 10.0. The number of thioether (sulfide) groups is 1. The molecule has 0 aromatic rings. The number of hydrogen-bond acceptors (Lipinski definition) is 3. The summed E-state index contributed by atoms with van der Waals surface area (Å²) in [6, 6.07) is 0.606. The number of rotatable bonds is 6. The Hall–Kier alpha value is -0.910. The van der Waals surface area contributed by atoms with Gasteiger partial charge in [0.25, 0.3) is 0 Å². The molecular formula is C12H21N3O2S. The number of nitrogens with one attached hydrogen (secondary N) is 3. The Bertz CT molecular complexity index is 324. The highest BCUT2D eigenvalue weighted by atomic mass is 32.2. The van der Waals surface area contributed by atoms with Gasteiger partial charge >= 0.3 is 6.03 Å². The van der Waals surface area contributed by atoms with Gasteiger partial charge in [-0.05, 0) is 12.8 Å². The van der Waals surface area contributed by atoms with E-state index in [4.69, 9.17) is 0 Å². The predicted octanol–water partition coefficient (Wildman–Crippen LogP) is 0.848. The first-order valence-electron chi connectivity index (χ1n) is 6.60. The third kappa shape index (κ3) is 3.31. The summed E-state index contributed by atoms with van der Waals surface area (Å²) in [6.45, 7) is 0. The average molecular weight is 271 g/mol. The molecule has 0 bridgehead atoms. The Morgan fingerprint density at radius 3 is 3.00 bits per heavy atom. The van der Waals surface area contributed by atoms with E-state index in [9.17, 15) is 9.59 Å². The zero-order chi connectivity index (χ0) is 13.0. The van der Waals surface area contributed by atoms with E-state index in [2.05, 4.69) is 16.0 Å². The highest BCUT2D eigenvalue weighted by Gasteiger charge is 2.42. The van der Waals surface area contributed by atoms with Gasteiger partial charge in [0.05, 0.1) is 12.1 Å². The number of carbonyl (C=O) groups excluding carboxylic acids is 2. The van der Waals surface area contributed by atoms with Gasteiger partial charge in [0, 0.05) is 24.5 Å². The first kappa shape index (κ1) is 13.5. The standard InChI is InChI=1S/C12H21N3O2S/c1-13-10(16)6-4-2-3-5-9-11-8(7-18-9)14-12(17)15-11/h8-9,11H,2-7H2,1H3,(H,13,16)(H2,14,15,17). The van der Waals surface area contributed by atoms with Crippen molar-refractivity contribution in [2.75, 3.05) is 12.8 Å². The zero-order valence-corrected chi connectivity index (χ0v) is 11.5. The minimum Gasteiger partial charge on any atom is -0.359 e. The maximum Gasteiger partial charge on any atom is 0.315 e. The Labute approximate surface area is 112 Å². The highest BCUT2D eigenvalue weighted by molar-refractivity contribution is 8.00. The van der Waals surface area contributed by atoms with Crippen molar-refractivity contribution in [2.45, 2.75) is 49.4 Å². The largest absolute Gasteiger partial charge is 0.359 e. The van der Waals surface area contributed by atoms with Crippen molar-refractivity contribution >= 4 is 23.7 Å². The van der Waals surface area contributed by atoms with Crippen LogP contribution in [-0.2, 0) is 4.79 Å². The molecule has 0 aromatic heterocycles. The van der Waals surface area contributed by atoms with Gasteiger partial charge in [-0.25, -0.2) is 4.79 Å². The lowest BCUT2D eigenvalue weighted by Gasteiger charge is -2.16.